The van der Waals surface area contributed by atoms with Gasteiger partial charge in [-0.15, -0.1) is 0 Å². The molecule has 0 aromatic carbocycles. The van der Waals surface area contributed by atoms with Crippen molar-refractivity contribution in [3.8, 4) is 5.88 Å². The van der Waals surface area contributed by atoms with Gasteiger partial charge in [-0.2, -0.15) is 4.98 Å². The number of hydrazine groups is 1. The van der Waals surface area contributed by atoms with E-state index in [0.29, 0.717) is 23.6 Å². The minimum Gasteiger partial charge on any atom is -0.474 e. The van der Waals surface area contributed by atoms with E-state index in [0.717, 1.165) is 12.8 Å². The Bertz CT molecular complexity index is 336. The van der Waals surface area contributed by atoms with Gasteiger partial charge in [0.25, 0.3) is 0 Å². The molecular weight excluding hydrogens is 192 g/mol. The van der Waals surface area contributed by atoms with Crippen LogP contribution >= 0.6 is 0 Å². The van der Waals surface area contributed by atoms with Gasteiger partial charge in [0.1, 0.15) is 17.7 Å². The molecule has 0 atom stereocenters. The van der Waals surface area contributed by atoms with Crippen LogP contribution in [-0.4, -0.2) is 16.1 Å². The first-order valence-electron chi connectivity index (χ1n) is 5.27. The lowest BCUT2D eigenvalue weighted by Crippen LogP contribution is -2.14. The number of nitrogen functional groups attached to an aromatic ring is 1. The second kappa shape index (κ2) is 4.44. The number of nitrogens with one attached hydrogen (secondary N) is 1. The van der Waals surface area contributed by atoms with E-state index < -0.39 is 0 Å². The summed E-state index contributed by atoms with van der Waals surface area (Å²) >= 11 is 0. The van der Waals surface area contributed by atoms with Crippen LogP contribution in [0.3, 0.4) is 0 Å². The van der Waals surface area contributed by atoms with Crippen LogP contribution in [-0.2, 0) is 0 Å². The molecule has 0 radical (unpaired) electrons. The molecule has 1 aromatic heterocycles. The van der Waals surface area contributed by atoms with Crippen molar-refractivity contribution in [2.24, 2.45) is 5.84 Å². The highest BCUT2D eigenvalue weighted by Crippen LogP contribution is 2.23. The maximum atomic E-state index is 5.75. The Balaban J connectivity index is 2.09. The Hall–Kier alpha value is -1.36. The predicted molar refractivity (Wildman–Crippen MR) is 57.5 cm³/mol. The fourth-order valence-corrected chi connectivity index (χ4v) is 1.85. The number of nitrogens with two attached hydrogens (primary N) is 1. The van der Waals surface area contributed by atoms with Crippen molar-refractivity contribution in [2.75, 3.05) is 5.43 Å². The molecule has 0 unspecified atom stereocenters. The summed E-state index contributed by atoms with van der Waals surface area (Å²) < 4.78 is 5.75. The number of hydrogen-bond acceptors (Lipinski definition) is 5. The molecule has 1 saturated carbocycles. The van der Waals surface area contributed by atoms with Crippen LogP contribution in [0.4, 0.5) is 5.82 Å². The number of aryl methyl sites for hydroxylation is 1. The molecule has 1 heterocycles. The molecule has 82 valence electrons. The zero-order valence-electron chi connectivity index (χ0n) is 8.86. The van der Waals surface area contributed by atoms with E-state index in [-0.39, 0.29) is 0 Å². The van der Waals surface area contributed by atoms with Crippen molar-refractivity contribution in [1.82, 2.24) is 9.97 Å². The second-order valence-electron chi connectivity index (χ2n) is 3.81. The molecule has 1 fully saturated rings. The maximum absolute atomic E-state index is 5.75. The van der Waals surface area contributed by atoms with Crippen LogP contribution < -0.4 is 16.0 Å². The Kier molecular flexibility index (Phi) is 3.01. The molecule has 1 aliphatic carbocycles. The van der Waals surface area contributed by atoms with Gasteiger partial charge in [-0.25, -0.2) is 10.8 Å². The van der Waals surface area contributed by atoms with Gasteiger partial charge in [0.15, 0.2) is 0 Å². The highest BCUT2D eigenvalue weighted by Gasteiger charge is 2.17. The number of nitrogens with zero attached hydrogens (tertiary/aromatic N) is 2. The first kappa shape index (κ1) is 10.2. The van der Waals surface area contributed by atoms with Gasteiger partial charge in [-0.05, 0) is 32.6 Å². The summed E-state index contributed by atoms with van der Waals surface area (Å²) in [5, 5.41) is 0. The largest absolute Gasteiger partial charge is 0.474 e. The van der Waals surface area contributed by atoms with Crippen molar-refractivity contribution < 1.29 is 4.74 Å². The Morgan fingerprint density at radius 3 is 2.80 bits per heavy atom. The van der Waals surface area contributed by atoms with Gasteiger partial charge < -0.3 is 10.2 Å². The second-order valence-corrected chi connectivity index (χ2v) is 3.81. The number of rotatable bonds is 3. The Morgan fingerprint density at radius 1 is 1.40 bits per heavy atom. The van der Waals surface area contributed by atoms with Crippen molar-refractivity contribution in [3.63, 3.8) is 0 Å². The first-order chi connectivity index (χ1) is 7.28. The van der Waals surface area contributed by atoms with Crippen LogP contribution in [0.15, 0.2) is 6.07 Å². The van der Waals surface area contributed by atoms with Crippen LogP contribution in [0.25, 0.3) is 0 Å². The van der Waals surface area contributed by atoms with Crippen molar-refractivity contribution >= 4 is 5.82 Å². The van der Waals surface area contributed by atoms with Gasteiger partial charge in [0, 0.05) is 6.07 Å². The summed E-state index contributed by atoms with van der Waals surface area (Å²) in [6, 6.07) is 1.73. The standard InChI is InChI=1S/C10H16N4O/c1-7-12-9(14-11)6-10(13-7)15-8-4-2-3-5-8/h6,8H,2-5,11H2,1H3,(H,12,13,14). The third-order valence-electron chi connectivity index (χ3n) is 2.55. The summed E-state index contributed by atoms with van der Waals surface area (Å²) in [5.74, 6) is 7.17. The first-order valence-corrected chi connectivity index (χ1v) is 5.27. The number of anilines is 1. The average Bonchev–Trinajstić information content (AvgIpc) is 2.69. The smallest absolute Gasteiger partial charge is 0.219 e. The SMILES string of the molecule is Cc1nc(NN)cc(OC2CCCC2)n1. The summed E-state index contributed by atoms with van der Waals surface area (Å²) in [7, 11) is 0. The number of hydrogen-bond donors (Lipinski definition) is 2. The number of ether oxygens (including phenoxy) is 1. The highest BCUT2D eigenvalue weighted by atomic mass is 16.5. The Morgan fingerprint density at radius 2 is 2.13 bits per heavy atom. The van der Waals surface area contributed by atoms with Gasteiger partial charge in [-0.3, -0.25) is 0 Å². The molecule has 1 aromatic rings. The van der Waals surface area contributed by atoms with E-state index in [4.69, 9.17) is 10.6 Å². The lowest BCUT2D eigenvalue weighted by Gasteiger charge is -2.12. The van der Waals surface area contributed by atoms with E-state index in [1.165, 1.54) is 12.8 Å². The minimum absolute atomic E-state index is 0.310. The fourth-order valence-electron chi connectivity index (χ4n) is 1.85. The zero-order valence-corrected chi connectivity index (χ0v) is 8.86. The lowest BCUT2D eigenvalue weighted by atomic mass is 10.3. The van der Waals surface area contributed by atoms with Gasteiger partial charge in [0.05, 0.1) is 0 Å². The van der Waals surface area contributed by atoms with Crippen molar-refractivity contribution in [1.29, 1.82) is 0 Å². The molecular formula is C10H16N4O. The van der Waals surface area contributed by atoms with E-state index in [1.807, 2.05) is 6.92 Å². The van der Waals surface area contributed by atoms with E-state index in [2.05, 4.69) is 15.4 Å². The fraction of sp³-hybridized carbons (Fsp3) is 0.600. The molecule has 0 saturated heterocycles. The van der Waals surface area contributed by atoms with Gasteiger partial charge in [0.2, 0.25) is 5.88 Å². The monoisotopic (exact) mass is 208 g/mol. The third kappa shape index (κ3) is 2.56. The third-order valence-corrected chi connectivity index (χ3v) is 2.55. The summed E-state index contributed by atoms with van der Waals surface area (Å²) in [4.78, 5) is 8.32. The van der Waals surface area contributed by atoms with E-state index in [1.54, 1.807) is 6.07 Å². The quantitative estimate of drug-likeness (QED) is 0.580. The summed E-state index contributed by atoms with van der Waals surface area (Å²) in [6.45, 7) is 1.82. The molecule has 5 heteroatoms. The zero-order chi connectivity index (χ0) is 10.7. The van der Waals surface area contributed by atoms with E-state index >= 15 is 0 Å². The molecule has 0 amide bonds. The Labute approximate surface area is 89.0 Å². The molecule has 0 spiro atoms. The predicted octanol–water partition coefficient (Wildman–Crippen LogP) is 1.39. The topological polar surface area (TPSA) is 73.1 Å². The minimum atomic E-state index is 0.310. The highest BCUT2D eigenvalue weighted by molar-refractivity contribution is 5.36. The molecule has 0 aliphatic heterocycles. The van der Waals surface area contributed by atoms with Gasteiger partial charge >= 0.3 is 0 Å². The van der Waals surface area contributed by atoms with Crippen LogP contribution in [0.2, 0.25) is 0 Å². The van der Waals surface area contributed by atoms with Crippen molar-refractivity contribution in [3.05, 3.63) is 11.9 Å². The normalized spacial score (nSPS) is 16.7. The molecule has 1 aliphatic rings. The molecule has 2 rings (SSSR count). The van der Waals surface area contributed by atoms with Gasteiger partial charge in [-0.1, -0.05) is 0 Å². The van der Waals surface area contributed by atoms with E-state index in [9.17, 15) is 0 Å². The van der Waals surface area contributed by atoms with Crippen LogP contribution in [0.5, 0.6) is 5.88 Å². The maximum Gasteiger partial charge on any atom is 0.219 e. The molecule has 15 heavy (non-hydrogen) atoms. The molecule has 0 bridgehead atoms. The van der Waals surface area contributed by atoms with Crippen LogP contribution in [0, 0.1) is 6.92 Å². The average molecular weight is 208 g/mol. The van der Waals surface area contributed by atoms with Crippen LogP contribution in [0.1, 0.15) is 31.5 Å². The molecule has 5 nitrogen and oxygen atoms in total. The molecule has 3 N–H and O–H groups in total. The number of aromatic nitrogens is 2. The lowest BCUT2D eigenvalue weighted by molar-refractivity contribution is 0.201. The van der Waals surface area contributed by atoms with Crippen molar-refractivity contribution in [2.45, 2.75) is 38.7 Å². The summed E-state index contributed by atoms with van der Waals surface area (Å²) in [6.07, 6.45) is 5.04. The summed E-state index contributed by atoms with van der Waals surface area (Å²) in [5.41, 5.74) is 2.50.